The summed E-state index contributed by atoms with van der Waals surface area (Å²) >= 11 is 0. The fraction of sp³-hybridized carbons (Fsp3) is 0.167. The van der Waals surface area contributed by atoms with Gasteiger partial charge in [0, 0.05) is 29.4 Å². The molecular weight excluding hydrogens is 244 g/mol. The van der Waals surface area contributed by atoms with Gasteiger partial charge in [0.1, 0.15) is 0 Å². The Balaban J connectivity index is 1.92. The molecule has 0 fully saturated rings. The topological polar surface area (TPSA) is 38.9 Å². The summed E-state index contributed by atoms with van der Waals surface area (Å²) in [6, 6.07) is 15.2. The Morgan fingerprint density at radius 3 is 2.90 bits per heavy atom. The first-order chi connectivity index (χ1) is 9.83. The molecule has 0 bridgehead atoms. The molecule has 4 rings (SSSR count). The highest BCUT2D eigenvalue weighted by atomic mass is 14.6. The van der Waals surface area contributed by atoms with Gasteiger partial charge >= 0.3 is 0 Å². The summed E-state index contributed by atoms with van der Waals surface area (Å²) in [6.45, 7) is 0. The average Bonchev–Trinajstić information content (AvgIpc) is 2.87. The molecule has 1 aliphatic carbocycles. The van der Waals surface area contributed by atoms with Crippen LogP contribution in [-0.4, -0.2) is 4.98 Å². The summed E-state index contributed by atoms with van der Waals surface area (Å²) in [5.74, 6) is 0. The lowest BCUT2D eigenvalue weighted by molar-refractivity contribution is 0.713. The van der Waals surface area contributed by atoms with E-state index in [0.29, 0.717) is 0 Å². The lowest BCUT2D eigenvalue weighted by Gasteiger charge is -2.09. The smallest absolute Gasteiger partial charge is 0.0352 e. The highest BCUT2D eigenvalue weighted by Gasteiger charge is 2.19. The Kier molecular flexibility index (Phi) is 2.57. The van der Waals surface area contributed by atoms with Gasteiger partial charge in [0.15, 0.2) is 0 Å². The number of aryl methyl sites for hydroxylation is 1. The second-order valence-corrected chi connectivity index (χ2v) is 5.47. The van der Waals surface area contributed by atoms with Crippen molar-refractivity contribution in [1.29, 1.82) is 0 Å². The van der Waals surface area contributed by atoms with Gasteiger partial charge in [-0.2, -0.15) is 0 Å². The van der Waals surface area contributed by atoms with Gasteiger partial charge in [-0.15, -0.1) is 0 Å². The van der Waals surface area contributed by atoms with Gasteiger partial charge in [0.2, 0.25) is 0 Å². The van der Waals surface area contributed by atoms with Crippen LogP contribution in [0.2, 0.25) is 0 Å². The molecule has 1 aliphatic rings. The first-order valence-electron chi connectivity index (χ1n) is 7.04. The van der Waals surface area contributed by atoms with Crippen LogP contribution < -0.4 is 5.73 Å². The molecule has 2 aromatic carbocycles. The van der Waals surface area contributed by atoms with Gasteiger partial charge in [-0.1, -0.05) is 42.5 Å². The van der Waals surface area contributed by atoms with Crippen LogP contribution in [-0.2, 0) is 6.42 Å². The van der Waals surface area contributed by atoms with Crippen molar-refractivity contribution in [3.63, 3.8) is 0 Å². The summed E-state index contributed by atoms with van der Waals surface area (Å²) in [6.07, 6.45) is 6.02. The maximum Gasteiger partial charge on any atom is 0.0352 e. The Morgan fingerprint density at radius 1 is 1.05 bits per heavy atom. The summed E-state index contributed by atoms with van der Waals surface area (Å²) < 4.78 is 0. The highest BCUT2D eigenvalue weighted by molar-refractivity contribution is 5.95. The van der Waals surface area contributed by atoms with E-state index in [9.17, 15) is 0 Å². The third-order valence-corrected chi connectivity index (χ3v) is 4.25. The number of pyridine rings is 1. The Hall–Kier alpha value is -2.19. The molecule has 0 radical (unpaired) electrons. The van der Waals surface area contributed by atoms with E-state index in [1.807, 2.05) is 12.4 Å². The van der Waals surface area contributed by atoms with Crippen molar-refractivity contribution >= 4 is 10.8 Å². The van der Waals surface area contributed by atoms with Crippen LogP contribution in [0.1, 0.15) is 23.6 Å². The van der Waals surface area contributed by atoms with Gasteiger partial charge in [0.25, 0.3) is 0 Å². The van der Waals surface area contributed by atoms with Gasteiger partial charge in [-0.05, 0) is 34.9 Å². The predicted octanol–water partition coefficient (Wildman–Crippen LogP) is 3.85. The minimum absolute atomic E-state index is 0.213. The molecule has 0 amide bonds. The molecule has 1 unspecified atom stereocenters. The molecule has 0 saturated heterocycles. The largest absolute Gasteiger partial charge is 0.324 e. The van der Waals surface area contributed by atoms with E-state index in [2.05, 4.69) is 47.4 Å². The molecule has 0 spiro atoms. The third-order valence-electron chi connectivity index (χ3n) is 4.25. The van der Waals surface area contributed by atoms with Gasteiger partial charge in [0.05, 0.1) is 0 Å². The van der Waals surface area contributed by atoms with Gasteiger partial charge in [-0.25, -0.2) is 0 Å². The molecule has 1 aromatic heterocycles. The van der Waals surface area contributed by atoms with Crippen molar-refractivity contribution in [3.8, 4) is 11.1 Å². The Morgan fingerprint density at radius 2 is 1.95 bits per heavy atom. The van der Waals surface area contributed by atoms with Crippen LogP contribution in [0.5, 0.6) is 0 Å². The van der Waals surface area contributed by atoms with Gasteiger partial charge < -0.3 is 5.73 Å². The normalized spacial score (nSPS) is 17.4. The van der Waals surface area contributed by atoms with Crippen LogP contribution in [0, 0.1) is 0 Å². The molecule has 98 valence electrons. The first-order valence-corrected chi connectivity index (χ1v) is 7.04. The number of hydrogen-bond donors (Lipinski definition) is 1. The van der Waals surface area contributed by atoms with E-state index in [1.54, 1.807) is 0 Å². The van der Waals surface area contributed by atoms with Crippen molar-refractivity contribution in [1.82, 2.24) is 4.98 Å². The molecule has 3 aromatic rings. The minimum Gasteiger partial charge on any atom is -0.324 e. The lowest BCUT2D eigenvalue weighted by Crippen LogP contribution is -2.04. The zero-order valence-corrected chi connectivity index (χ0v) is 11.2. The quantitative estimate of drug-likeness (QED) is 0.721. The molecule has 2 N–H and O–H groups in total. The molecule has 2 nitrogen and oxygen atoms in total. The second-order valence-electron chi connectivity index (χ2n) is 5.47. The van der Waals surface area contributed by atoms with E-state index >= 15 is 0 Å². The van der Waals surface area contributed by atoms with Crippen LogP contribution in [0.25, 0.3) is 21.9 Å². The van der Waals surface area contributed by atoms with Crippen LogP contribution in [0.15, 0.2) is 54.9 Å². The number of hydrogen-bond acceptors (Lipinski definition) is 2. The minimum atomic E-state index is 0.213. The molecule has 0 saturated carbocycles. The van der Waals surface area contributed by atoms with Crippen molar-refractivity contribution in [2.24, 2.45) is 5.73 Å². The summed E-state index contributed by atoms with van der Waals surface area (Å²) in [4.78, 5) is 4.37. The highest BCUT2D eigenvalue weighted by Crippen LogP contribution is 2.34. The zero-order valence-electron chi connectivity index (χ0n) is 11.2. The number of benzene rings is 2. The summed E-state index contributed by atoms with van der Waals surface area (Å²) in [5.41, 5.74) is 11.3. The van der Waals surface area contributed by atoms with Crippen molar-refractivity contribution in [2.45, 2.75) is 18.9 Å². The molecule has 1 heterocycles. The molecule has 1 atom stereocenters. The van der Waals surface area contributed by atoms with E-state index in [1.165, 1.54) is 33.0 Å². The number of rotatable bonds is 1. The fourth-order valence-electron chi connectivity index (χ4n) is 3.16. The summed E-state index contributed by atoms with van der Waals surface area (Å²) in [7, 11) is 0. The van der Waals surface area contributed by atoms with Crippen molar-refractivity contribution in [3.05, 3.63) is 66.0 Å². The second kappa shape index (κ2) is 4.43. The third kappa shape index (κ3) is 1.73. The Bertz CT molecular complexity index is 787. The molecule has 2 heteroatoms. The van der Waals surface area contributed by atoms with E-state index in [0.717, 1.165) is 12.8 Å². The maximum absolute atomic E-state index is 6.11. The number of nitrogens with two attached hydrogens (primary N) is 1. The average molecular weight is 260 g/mol. The zero-order chi connectivity index (χ0) is 13.5. The van der Waals surface area contributed by atoms with Crippen LogP contribution in [0.3, 0.4) is 0 Å². The SMILES string of the molecule is NC1CCc2cc(-c3cncc4ccccc34)ccc21. The fourth-order valence-corrected chi connectivity index (χ4v) is 3.16. The van der Waals surface area contributed by atoms with Crippen molar-refractivity contribution in [2.75, 3.05) is 0 Å². The molecule has 0 aliphatic heterocycles. The van der Waals surface area contributed by atoms with E-state index in [4.69, 9.17) is 5.73 Å². The van der Waals surface area contributed by atoms with Crippen molar-refractivity contribution < 1.29 is 0 Å². The maximum atomic E-state index is 6.11. The Labute approximate surface area is 118 Å². The summed E-state index contributed by atoms with van der Waals surface area (Å²) in [5, 5.41) is 2.44. The number of nitrogens with zero attached hydrogens (tertiary/aromatic N) is 1. The van der Waals surface area contributed by atoms with Crippen LogP contribution in [0.4, 0.5) is 0 Å². The predicted molar refractivity (Wildman–Crippen MR) is 82.4 cm³/mol. The van der Waals surface area contributed by atoms with Crippen LogP contribution >= 0.6 is 0 Å². The number of aromatic nitrogens is 1. The monoisotopic (exact) mass is 260 g/mol. The van der Waals surface area contributed by atoms with E-state index in [-0.39, 0.29) is 6.04 Å². The molecule has 20 heavy (non-hydrogen) atoms. The first kappa shape index (κ1) is 11.6. The van der Waals surface area contributed by atoms with Gasteiger partial charge in [-0.3, -0.25) is 4.98 Å². The lowest BCUT2D eigenvalue weighted by atomic mass is 9.97. The molecular formula is C18H16N2. The number of fused-ring (bicyclic) bond motifs is 2. The van der Waals surface area contributed by atoms with E-state index < -0.39 is 0 Å². The standard InChI is InChI=1S/C18H16N2/c19-18-8-6-12-9-13(5-7-16(12)18)17-11-20-10-14-3-1-2-4-15(14)17/h1-5,7,9-11,18H,6,8,19H2.